The second kappa shape index (κ2) is 5.16. The molecule has 16 heavy (non-hydrogen) atoms. The lowest BCUT2D eigenvalue weighted by molar-refractivity contribution is -0.141. The van der Waals surface area contributed by atoms with E-state index in [2.05, 4.69) is 4.74 Å². The van der Waals surface area contributed by atoms with Crippen molar-refractivity contribution in [1.82, 2.24) is 0 Å². The Kier molecular flexibility index (Phi) is 3.88. The molecule has 0 saturated carbocycles. The lowest BCUT2D eigenvalue weighted by Gasteiger charge is -2.04. The monoisotopic (exact) mass is 224 g/mol. The van der Waals surface area contributed by atoms with Crippen LogP contribution < -0.4 is 0 Å². The first kappa shape index (κ1) is 12.0. The number of Topliss-reactive ketones (excluding diaryl/α,β-unsaturated/α-hetero) is 1. The highest BCUT2D eigenvalue weighted by molar-refractivity contribution is 6.07. The van der Waals surface area contributed by atoms with E-state index in [1.807, 2.05) is 0 Å². The van der Waals surface area contributed by atoms with Crippen LogP contribution in [-0.2, 0) is 9.53 Å². The molecule has 0 amide bonds. The average molecular weight is 224 g/mol. The van der Waals surface area contributed by atoms with Crippen LogP contribution in [0.2, 0.25) is 0 Å². The summed E-state index contributed by atoms with van der Waals surface area (Å²) in [5, 5.41) is 18.4. The van der Waals surface area contributed by atoms with Crippen molar-refractivity contribution >= 4 is 11.8 Å². The van der Waals surface area contributed by atoms with E-state index in [9.17, 15) is 14.7 Å². The number of phenolic OH excluding ortho intramolecular Hbond substituents is 2. The first-order valence-corrected chi connectivity index (χ1v) is 4.75. The maximum Gasteiger partial charge on any atom is 0.313 e. The van der Waals surface area contributed by atoms with Crippen molar-refractivity contribution in [1.29, 1.82) is 0 Å². The Bertz CT molecular complexity index is 411. The van der Waals surface area contributed by atoms with Crippen molar-refractivity contribution in [3.63, 3.8) is 0 Å². The second-order valence-corrected chi connectivity index (χ2v) is 3.11. The molecular weight excluding hydrogens is 212 g/mol. The van der Waals surface area contributed by atoms with E-state index in [0.717, 1.165) is 6.07 Å². The van der Waals surface area contributed by atoms with E-state index in [4.69, 9.17) is 5.11 Å². The van der Waals surface area contributed by atoms with Crippen LogP contribution in [0.15, 0.2) is 18.2 Å². The molecule has 0 atom stereocenters. The number of phenols is 2. The van der Waals surface area contributed by atoms with Crippen molar-refractivity contribution in [2.45, 2.75) is 13.3 Å². The van der Waals surface area contributed by atoms with Gasteiger partial charge in [0, 0.05) is 6.07 Å². The van der Waals surface area contributed by atoms with Gasteiger partial charge < -0.3 is 14.9 Å². The number of hydrogen-bond donors (Lipinski definition) is 2. The third-order valence-corrected chi connectivity index (χ3v) is 1.89. The van der Waals surface area contributed by atoms with Gasteiger partial charge in [-0.15, -0.1) is 0 Å². The molecule has 5 heteroatoms. The van der Waals surface area contributed by atoms with Gasteiger partial charge in [0.25, 0.3) is 0 Å². The second-order valence-electron chi connectivity index (χ2n) is 3.11. The molecule has 0 aromatic heterocycles. The Morgan fingerprint density at radius 1 is 1.31 bits per heavy atom. The fourth-order valence-corrected chi connectivity index (χ4v) is 1.19. The molecule has 5 nitrogen and oxygen atoms in total. The Morgan fingerprint density at radius 2 is 2.00 bits per heavy atom. The van der Waals surface area contributed by atoms with Crippen molar-refractivity contribution in [3.8, 4) is 11.5 Å². The lowest BCUT2D eigenvalue weighted by atomic mass is 10.1. The number of benzene rings is 1. The topological polar surface area (TPSA) is 83.8 Å². The quantitative estimate of drug-likeness (QED) is 0.456. The van der Waals surface area contributed by atoms with Crippen molar-refractivity contribution < 1.29 is 24.5 Å². The summed E-state index contributed by atoms with van der Waals surface area (Å²) in [5.74, 6) is -1.68. The first-order chi connectivity index (χ1) is 7.54. The highest BCUT2D eigenvalue weighted by atomic mass is 16.5. The third-order valence-electron chi connectivity index (χ3n) is 1.89. The van der Waals surface area contributed by atoms with Crippen LogP contribution in [0, 0.1) is 0 Å². The Hall–Kier alpha value is -2.04. The number of carbonyl (C=O) groups excluding carboxylic acids is 2. The zero-order valence-electron chi connectivity index (χ0n) is 8.77. The molecule has 0 spiro atoms. The minimum Gasteiger partial charge on any atom is -0.508 e. The van der Waals surface area contributed by atoms with Crippen molar-refractivity contribution in [2.24, 2.45) is 0 Å². The molecule has 0 heterocycles. The van der Waals surface area contributed by atoms with Crippen molar-refractivity contribution in [3.05, 3.63) is 23.8 Å². The summed E-state index contributed by atoms with van der Waals surface area (Å²) in [6.07, 6.45) is -0.424. The number of ketones is 1. The van der Waals surface area contributed by atoms with E-state index in [0.29, 0.717) is 0 Å². The van der Waals surface area contributed by atoms with Crippen LogP contribution in [0.1, 0.15) is 23.7 Å². The Balaban J connectivity index is 2.77. The lowest BCUT2D eigenvalue weighted by Crippen LogP contribution is -2.11. The van der Waals surface area contributed by atoms with Gasteiger partial charge in [-0.25, -0.2) is 0 Å². The minimum absolute atomic E-state index is 0.00847. The summed E-state index contributed by atoms with van der Waals surface area (Å²) in [4.78, 5) is 22.6. The maximum atomic E-state index is 11.5. The number of esters is 1. The summed E-state index contributed by atoms with van der Waals surface area (Å²) in [7, 11) is 0. The van der Waals surface area contributed by atoms with E-state index in [1.54, 1.807) is 6.92 Å². The van der Waals surface area contributed by atoms with E-state index >= 15 is 0 Å². The molecule has 0 aliphatic rings. The maximum absolute atomic E-state index is 11.5. The van der Waals surface area contributed by atoms with E-state index < -0.39 is 18.2 Å². The molecule has 0 saturated heterocycles. The molecule has 1 aromatic rings. The fourth-order valence-electron chi connectivity index (χ4n) is 1.19. The zero-order valence-corrected chi connectivity index (χ0v) is 8.77. The van der Waals surface area contributed by atoms with Crippen LogP contribution in [-0.4, -0.2) is 28.6 Å². The molecule has 0 aliphatic carbocycles. The van der Waals surface area contributed by atoms with Gasteiger partial charge in [0.2, 0.25) is 0 Å². The number of ether oxygens (including phenoxy) is 1. The molecule has 0 aliphatic heterocycles. The number of carbonyl (C=O) groups is 2. The van der Waals surface area contributed by atoms with Gasteiger partial charge in [-0.1, -0.05) is 0 Å². The predicted octanol–water partition coefficient (Wildman–Crippen LogP) is 1.23. The van der Waals surface area contributed by atoms with E-state index in [-0.39, 0.29) is 23.7 Å². The van der Waals surface area contributed by atoms with E-state index in [1.165, 1.54) is 12.1 Å². The first-order valence-electron chi connectivity index (χ1n) is 4.75. The van der Waals surface area contributed by atoms with Crippen molar-refractivity contribution in [2.75, 3.05) is 6.61 Å². The molecule has 1 rings (SSSR count). The largest absolute Gasteiger partial charge is 0.508 e. The van der Waals surface area contributed by atoms with Gasteiger partial charge in [0.1, 0.15) is 17.9 Å². The molecule has 0 radical (unpaired) electrons. The van der Waals surface area contributed by atoms with Crippen LogP contribution in [0.3, 0.4) is 0 Å². The van der Waals surface area contributed by atoms with Crippen LogP contribution >= 0.6 is 0 Å². The summed E-state index contributed by atoms with van der Waals surface area (Å²) in [6, 6.07) is 3.56. The number of rotatable bonds is 4. The summed E-state index contributed by atoms with van der Waals surface area (Å²) < 4.78 is 4.61. The zero-order chi connectivity index (χ0) is 12.1. The normalized spacial score (nSPS) is 9.81. The standard InChI is InChI=1S/C11H12O5/c1-2-16-11(15)6-10(14)8-4-3-7(12)5-9(8)13/h3-5,12-13H,2,6H2,1H3. The van der Waals surface area contributed by atoms with Gasteiger partial charge in [0.05, 0.1) is 12.2 Å². The minimum atomic E-state index is -0.639. The van der Waals surface area contributed by atoms with Crippen LogP contribution in [0.4, 0.5) is 0 Å². The third kappa shape index (κ3) is 2.98. The molecule has 0 bridgehead atoms. The van der Waals surface area contributed by atoms with Crippen LogP contribution in [0.5, 0.6) is 11.5 Å². The highest BCUT2D eigenvalue weighted by Gasteiger charge is 2.16. The Labute approximate surface area is 92.3 Å². The van der Waals surface area contributed by atoms with Gasteiger partial charge in [-0.05, 0) is 19.1 Å². The van der Waals surface area contributed by atoms with Crippen LogP contribution in [0.25, 0.3) is 0 Å². The fraction of sp³-hybridized carbons (Fsp3) is 0.273. The predicted molar refractivity (Wildman–Crippen MR) is 55.4 cm³/mol. The summed E-state index contributed by atoms with van der Waals surface area (Å²) >= 11 is 0. The number of hydrogen-bond acceptors (Lipinski definition) is 5. The highest BCUT2D eigenvalue weighted by Crippen LogP contribution is 2.23. The Morgan fingerprint density at radius 3 is 2.56 bits per heavy atom. The molecular formula is C11H12O5. The smallest absolute Gasteiger partial charge is 0.313 e. The van der Waals surface area contributed by atoms with Gasteiger partial charge in [-0.3, -0.25) is 9.59 Å². The van der Waals surface area contributed by atoms with Gasteiger partial charge in [0.15, 0.2) is 5.78 Å². The summed E-state index contributed by atoms with van der Waals surface area (Å²) in [5.41, 5.74) is -0.00847. The SMILES string of the molecule is CCOC(=O)CC(=O)c1ccc(O)cc1O. The van der Waals surface area contributed by atoms with Gasteiger partial charge in [-0.2, -0.15) is 0 Å². The molecule has 0 unspecified atom stereocenters. The molecule has 86 valence electrons. The molecule has 2 N–H and O–H groups in total. The number of aromatic hydroxyl groups is 2. The van der Waals surface area contributed by atoms with Gasteiger partial charge >= 0.3 is 5.97 Å². The molecule has 1 aromatic carbocycles. The summed E-state index contributed by atoms with van der Waals surface area (Å²) in [6.45, 7) is 1.84. The molecule has 0 fully saturated rings. The average Bonchev–Trinajstić information content (AvgIpc) is 2.17.